The lowest BCUT2D eigenvalue weighted by atomic mass is 9.99. The van der Waals surface area contributed by atoms with Crippen molar-refractivity contribution in [2.75, 3.05) is 10.6 Å². The van der Waals surface area contributed by atoms with Gasteiger partial charge in [-0.2, -0.15) is 4.98 Å². The highest BCUT2D eigenvalue weighted by Crippen LogP contribution is 2.29. The van der Waals surface area contributed by atoms with Crippen LogP contribution >= 0.6 is 11.6 Å². The Balaban J connectivity index is 1.86. The minimum Gasteiger partial charge on any atom is -0.339 e. The Morgan fingerprint density at radius 2 is 1.80 bits per heavy atom. The Hall–Kier alpha value is -2.59. The van der Waals surface area contributed by atoms with Crippen LogP contribution in [-0.2, 0) is 12.8 Å². The topological polar surface area (TPSA) is 49.8 Å². The lowest BCUT2D eigenvalue weighted by Crippen LogP contribution is -2.02. The number of benzene rings is 2. The highest BCUT2D eigenvalue weighted by molar-refractivity contribution is 6.32. The quantitative estimate of drug-likeness (QED) is 0.575. The number of nitrogens with zero attached hydrogens (tertiary/aromatic N) is 2. The fourth-order valence-corrected chi connectivity index (χ4v) is 3.17. The first kappa shape index (κ1) is 15.9. The molecule has 3 aromatic rings. The van der Waals surface area contributed by atoms with Gasteiger partial charge in [0.25, 0.3) is 0 Å². The van der Waals surface area contributed by atoms with Crippen LogP contribution in [0.5, 0.6) is 0 Å². The number of nitrogens with one attached hydrogen (secondary N) is 2. The van der Waals surface area contributed by atoms with Crippen LogP contribution < -0.4 is 10.6 Å². The molecule has 0 aliphatic carbocycles. The molecule has 0 atom stereocenters. The van der Waals surface area contributed by atoms with E-state index in [1.807, 2.05) is 6.07 Å². The van der Waals surface area contributed by atoms with Crippen molar-refractivity contribution in [3.05, 3.63) is 69.9 Å². The Labute approximate surface area is 152 Å². The largest absolute Gasteiger partial charge is 0.339 e. The lowest BCUT2D eigenvalue weighted by Gasteiger charge is -2.12. The molecule has 0 saturated heterocycles. The van der Waals surface area contributed by atoms with Crippen LogP contribution in [0.3, 0.4) is 0 Å². The number of aromatic nitrogens is 2. The second-order valence-electron chi connectivity index (χ2n) is 6.43. The molecule has 4 rings (SSSR count). The van der Waals surface area contributed by atoms with Crippen LogP contribution in [0, 0.1) is 13.8 Å². The maximum absolute atomic E-state index is 6.29. The molecule has 0 saturated carbocycles. The van der Waals surface area contributed by atoms with E-state index in [-0.39, 0.29) is 0 Å². The summed E-state index contributed by atoms with van der Waals surface area (Å²) in [5.41, 5.74) is 7.06. The number of halogens is 1. The van der Waals surface area contributed by atoms with Gasteiger partial charge in [-0.15, -0.1) is 0 Å². The van der Waals surface area contributed by atoms with Gasteiger partial charge >= 0.3 is 0 Å². The van der Waals surface area contributed by atoms with Gasteiger partial charge in [0.2, 0.25) is 5.95 Å². The van der Waals surface area contributed by atoms with E-state index in [1.165, 1.54) is 16.7 Å². The van der Waals surface area contributed by atoms with E-state index >= 15 is 0 Å². The van der Waals surface area contributed by atoms with Gasteiger partial charge in [0, 0.05) is 11.4 Å². The molecule has 25 heavy (non-hydrogen) atoms. The molecule has 6 bridgehead atoms. The fourth-order valence-electron chi connectivity index (χ4n) is 3.03. The standard InChI is InChI=1S/C20H19ClN4/c1-12-4-8-16-10-15(12)7-6-14-5-3-13(2)18(9-14)24-19-17(21)11-22-20(23-16)25-19/h3-5,8-11H,6-7H2,1-2H3,(H2,22,23,24,25). The van der Waals surface area contributed by atoms with Crippen molar-refractivity contribution in [2.45, 2.75) is 26.7 Å². The molecule has 1 aromatic heterocycles. The number of aryl methyl sites for hydroxylation is 4. The van der Waals surface area contributed by atoms with E-state index in [0.717, 1.165) is 29.8 Å². The summed E-state index contributed by atoms with van der Waals surface area (Å²) in [5.74, 6) is 1.13. The molecular weight excluding hydrogens is 332 g/mol. The Morgan fingerprint density at radius 1 is 0.960 bits per heavy atom. The predicted octanol–water partition coefficient (Wildman–Crippen LogP) is 5.33. The lowest BCUT2D eigenvalue weighted by molar-refractivity contribution is 0.949. The number of rotatable bonds is 0. The number of hydrogen-bond donors (Lipinski definition) is 2. The first-order chi connectivity index (χ1) is 12.1. The zero-order valence-corrected chi connectivity index (χ0v) is 15.0. The van der Waals surface area contributed by atoms with Gasteiger partial charge in [0.15, 0.2) is 5.82 Å². The van der Waals surface area contributed by atoms with Crippen molar-refractivity contribution in [3.8, 4) is 0 Å². The molecule has 4 nitrogen and oxygen atoms in total. The van der Waals surface area contributed by atoms with Crippen molar-refractivity contribution in [2.24, 2.45) is 0 Å². The molecule has 2 N–H and O–H groups in total. The second-order valence-corrected chi connectivity index (χ2v) is 6.84. The molecule has 126 valence electrons. The van der Waals surface area contributed by atoms with Crippen molar-refractivity contribution in [1.82, 2.24) is 9.97 Å². The average Bonchev–Trinajstić information content (AvgIpc) is 2.60. The molecule has 0 spiro atoms. The maximum atomic E-state index is 6.29. The molecule has 0 fully saturated rings. The first-order valence-corrected chi connectivity index (χ1v) is 8.72. The molecule has 1 aliphatic heterocycles. The van der Waals surface area contributed by atoms with Crippen LogP contribution in [0.25, 0.3) is 0 Å². The highest BCUT2D eigenvalue weighted by Gasteiger charge is 2.11. The zero-order chi connectivity index (χ0) is 17.4. The summed E-state index contributed by atoms with van der Waals surface area (Å²) in [6.45, 7) is 4.22. The third-order valence-corrected chi connectivity index (χ3v) is 4.86. The van der Waals surface area contributed by atoms with E-state index in [0.29, 0.717) is 16.8 Å². The molecule has 0 unspecified atom stereocenters. The van der Waals surface area contributed by atoms with Crippen molar-refractivity contribution in [1.29, 1.82) is 0 Å². The molecule has 0 amide bonds. The molecule has 5 heteroatoms. The smallest absolute Gasteiger partial charge is 0.229 e. The van der Waals surface area contributed by atoms with E-state index < -0.39 is 0 Å². The minimum absolute atomic E-state index is 0.495. The normalized spacial score (nSPS) is 12.9. The molecular formula is C20H19ClN4. The Morgan fingerprint density at radius 3 is 2.68 bits per heavy atom. The van der Waals surface area contributed by atoms with E-state index in [2.05, 4.69) is 64.8 Å². The van der Waals surface area contributed by atoms with Crippen molar-refractivity contribution < 1.29 is 0 Å². The SMILES string of the molecule is Cc1ccc2cc1CCc1ccc(C)c(c1)Nc1nc(ncc1Cl)N2. The van der Waals surface area contributed by atoms with Gasteiger partial charge in [0.1, 0.15) is 5.02 Å². The Bertz CT molecular complexity index is 952. The third kappa shape index (κ3) is 3.30. The van der Waals surface area contributed by atoms with Crippen molar-refractivity contribution in [3.63, 3.8) is 0 Å². The number of fused-ring (bicyclic) bond motifs is 6. The first-order valence-electron chi connectivity index (χ1n) is 8.34. The van der Waals surface area contributed by atoms with Crippen LogP contribution in [-0.4, -0.2) is 9.97 Å². The van der Waals surface area contributed by atoms with Gasteiger partial charge in [-0.3, -0.25) is 0 Å². The van der Waals surface area contributed by atoms with Gasteiger partial charge in [-0.25, -0.2) is 4.98 Å². The van der Waals surface area contributed by atoms with E-state index in [1.54, 1.807) is 6.20 Å². The maximum Gasteiger partial charge on any atom is 0.229 e. The second kappa shape index (κ2) is 6.37. The highest BCUT2D eigenvalue weighted by atomic mass is 35.5. The molecule has 0 radical (unpaired) electrons. The average molecular weight is 351 g/mol. The summed E-state index contributed by atoms with van der Waals surface area (Å²) in [4.78, 5) is 8.84. The number of anilines is 4. The van der Waals surface area contributed by atoms with Crippen LogP contribution in [0.4, 0.5) is 23.1 Å². The van der Waals surface area contributed by atoms with Gasteiger partial charge in [0.05, 0.1) is 6.20 Å². The molecule has 2 heterocycles. The fraction of sp³-hybridized carbons (Fsp3) is 0.200. The number of hydrogen-bond acceptors (Lipinski definition) is 4. The van der Waals surface area contributed by atoms with E-state index in [4.69, 9.17) is 11.6 Å². The summed E-state index contributed by atoms with van der Waals surface area (Å²) < 4.78 is 0. The van der Waals surface area contributed by atoms with Gasteiger partial charge < -0.3 is 10.6 Å². The Kier molecular flexibility index (Phi) is 4.06. The summed E-state index contributed by atoms with van der Waals surface area (Å²) in [5, 5.41) is 7.13. The predicted molar refractivity (Wildman–Crippen MR) is 103 cm³/mol. The summed E-state index contributed by atoms with van der Waals surface area (Å²) >= 11 is 6.29. The van der Waals surface area contributed by atoms with E-state index in [9.17, 15) is 0 Å². The monoisotopic (exact) mass is 350 g/mol. The summed E-state index contributed by atoms with van der Waals surface area (Å²) in [6, 6.07) is 12.9. The molecule has 1 aliphatic rings. The van der Waals surface area contributed by atoms with Gasteiger partial charge in [-0.05, 0) is 67.1 Å². The summed E-state index contributed by atoms with van der Waals surface area (Å²) in [6.07, 6.45) is 3.59. The third-order valence-electron chi connectivity index (χ3n) is 4.59. The minimum atomic E-state index is 0.495. The van der Waals surface area contributed by atoms with Crippen LogP contribution in [0.1, 0.15) is 22.3 Å². The van der Waals surface area contributed by atoms with Crippen molar-refractivity contribution >= 4 is 34.7 Å². The van der Waals surface area contributed by atoms with Crippen LogP contribution in [0.15, 0.2) is 42.6 Å². The molecule has 2 aromatic carbocycles. The zero-order valence-electron chi connectivity index (χ0n) is 14.2. The van der Waals surface area contributed by atoms with Crippen LogP contribution in [0.2, 0.25) is 5.02 Å². The summed E-state index contributed by atoms with van der Waals surface area (Å²) in [7, 11) is 0. The van der Waals surface area contributed by atoms with Gasteiger partial charge in [-0.1, -0.05) is 29.8 Å².